The maximum absolute atomic E-state index is 12.7. The topological polar surface area (TPSA) is 94.9 Å². The fourth-order valence-corrected chi connectivity index (χ4v) is 4.16. The first-order valence-corrected chi connectivity index (χ1v) is 11.7. The van der Waals surface area contributed by atoms with Gasteiger partial charge in [-0.25, -0.2) is 9.59 Å². The lowest BCUT2D eigenvalue weighted by Gasteiger charge is -2.41. The minimum atomic E-state index is -2.14. The molecule has 1 N–H and O–H groups in total. The van der Waals surface area contributed by atoms with Crippen LogP contribution < -0.4 is 0 Å². The summed E-state index contributed by atoms with van der Waals surface area (Å²) >= 11 is 17.4. The lowest BCUT2D eigenvalue weighted by molar-refractivity contribution is -0.240. The van der Waals surface area contributed by atoms with Crippen molar-refractivity contribution in [1.82, 2.24) is 0 Å². The number of hydrogen-bond acceptors (Lipinski definition) is 7. The van der Waals surface area contributed by atoms with Crippen molar-refractivity contribution in [3.63, 3.8) is 0 Å². The zero-order valence-corrected chi connectivity index (χ0v) is 20.6. The predicted molar refractivity (Wildman–Crippen MR) is 126 cm³/mol. The summed E-state index contributed by atoms with van der Waals surface area (Å²) in [6, 6.07) is 17.0. The van der Waals surface area contributed by atoms with Crippen LogP contribution in [0.1, 0.15) is 41.0 Å². The molecule has 5 atom stereocenters. The number of esters is 2. The van der Waals surface area contributed by atoms with Crippen LogP contribution in [0.5, 0.6) is 0 Å². The number of ether oxygens (including phenoxy) is 4. The molecule has 2 aromatic rings. The summed E-state index contributed by atoms with van der Waals surface area (Å²) < 4.78 is 21.2. The highest BCUT2D eigenvalue weighted by Gasteiger charge is 2.78. The number of hydrogen-bond donors (Lipinski definition) is 1. The minimum absolute atomic E-state index is 0.229. The number of fused-ring (bicyclic) bond motifs is 1. The van der Waals surface area contributed by atoms with Gasteiger partial charge in [-0.1, -0.05) is 71.2 Å². The van der Waals surface area contributed by atoms with Crippen LogP contribution >= 0.6 is 34.8 Å². The van der Waals surface area contributed by atoms with Crippen LogP contribution in [-0.4, -0.2) is 45.2 Å². The zero-order valence-electron chi connectivity index (χ0n) is 18.3. The van der Waals surface area contributed by atoms with Crippen LogP contribution in [0, 0.1) is 11.3 Å². The lowest BCUT2D eigenvalue weighted by Crippen LogP contribution is -2.52. The van der Waals surface area contributed by atoms with Crippen LogP contribution in [-0.2, 0) is 18.9 Å². The lowest BCUT2D eigenvalue weighted by atomic mass is 9.90. The third-order valence-electron chi connectivity index (χ3n) is 6.11. The predicted octanol–water partition coefficient (Wildman–Crippen LogP) is 5.33. The molecule has 2 aliphatic rings. The Morgan fingerprint density at radius 3 is 2.03 bits per heavy atom. The van der Waals surface area contributed by atoms with Gasteiger partial charge < -0.3 is 18.9 Å². The SMILES string of the molecule is CC1OC2(OC(=N)C(Cl)(Cl)Cl)C(CC1(C)OC(=O)c1ccccc1)C2OC(=O)c1ccccc1. The van der Waals surface area contributed by atoms with E-state index in [0.29, 0.717) is 11.1 Å². The molecule has 1 aliphatic carbocycles. The van der Waals surface area contributed by atoms with E-state index in [2.05, 4.69) is 0 Å². The molecule has 180 valence electrons. The Kier molecular flexibility index (Phi) is 6.59. The number of nitrogens with one attached hydrogen (secondary N) is 1. The second kappa shape index (κ2) is 9.04. The van der Waals surface area contributed by atoms with Gasteiger partial charge in [0.25, 0.3) is 9.58 Å². The first-order valence-electron chi connectivity index (χ1n) is 10.5. The highest BCUT2D eigenvalue weighted by atomic mass is 35.6. The molecule has 5 unspecified atom stereocenters. The van der Waals surface area contributed by atoms with Crippen molar-refractivity contribution in [3.05, 3.63) is 71.8 Å². The van der Waals surface area contributed by atoms with Crippen LogP contribution in [0.4, 0.5) is 0 Å². The van der Waals surface area contributed by atoms with Crippen LogP contribution in [0.15, 0.2) is 60.7 Å². The minimum Gasteiger partial charge on any atom is -0.453 e. The van der Waals surface area contributed by atoms with Gasteiger partial charge in [-0.15, -0.1) is 0 Å². The van der Waals surface area contributed by atoms with Crippen molar-refractivity contribution in [1.29, 1.82) is 5.41 Å². The molecule has 0 radical (unpaired) electrons. The Bertz CT molecular complexity index is 1090. The van der Waals surface area contributed by atoms with Crippen LogP contribution in [0.25, 0.3) is 0 Å². The summed E-state index contributed by atoms with van der Waals surface area (Å²) in [5, 5.41) is 8.03. The fraction of sp³-hybridized carbons (Fsp3) is 0.375. The summed E-state index contributed by atoms with van der Waals surface area (Å²) in [6.07, 6.45) is -1.38. The van der Waals surface area contributed by atoms with E-state index in [1.165, 1.54) is 0 Å². The molecule has 0 aromatic heterocycles. The molecule has 7 nitrogen and oxygen atoms in total. The third kappa shape index (κ3) is 4.75. The van der Waals surface area contributed by atoms with Gasteiger partial charge in [0.2, 0.25) is 5.90 Å². The summed E-state index contributed by atoms with van der Waals surface area (Å²) in [5.74, 6) is -3.89. The van der Waals surface area contributed by atoms with Crippen molar-refractivity contribution in [2.24, 2.45) is 5.92 Å². The van der Waals surface area contributed by atoms with E-state index >= 15 is 0 Å². The molecule has 2 aromatic carbocycles. The fourth-order valence-electron chi connectivity index (χ4n) is 4.05. The molecular formula is C24H22Cl3NO6. The smallest absolute Gasteiger partial charge is 0.338 e. The second-order valence-electron chi connectivity index (χ2n) is 8.48. The molecular weight excluding hydrogens is 505 g/mol. The summed E-state index contributed by atoms with van der Waals surface area (Å²) in [7, 11) is 0. The largest absolute Gasteiger partial charge is 0.453 e. The summed E-state index contributed by atoms with van der Waals surface area (Å²) in [6.45, 7) is 3.43. The quantitative estimate of drug-likeness (QED) is 0.245. The summed E-state index contributed by atoms with van der Waals surface area (Å²) in [4.78, 5) is 25.5. The molecule has 0 spiro atoms. The number of carbonyl (C=O) groups is 2. The second-order valence-corrected chi connectivity index (χ2v) is 10.8. The Labute approximate surface area is 211 Å². The average Bonchev–Trinajstić information content (AvgIpc) is 3.37. The highest BCUT2D eigenvalue weighted by molar-refractivity contribution is 6.76. The Morgan fingerprint density at radius 2 is 1.50 bits per heavy atom. The Hall–Kier alpha value is -2.32. The zero-order chi connectivity index (χ0) is 24.7. The first kappa shape index (κ1) is 24.8. The van der Waals surface area contributed by atoms with Crippen LogP contribution in [0.3, 0.4) is 0 Å². The van der Waals surface area contributed by atoms with E-state index < -0.39 is 51.1 Å². The van der Waals surface area contributed by atoms with E-state index in [0.717, 1.165) is 0 Å². The van der Waals surface area contributed by atoms with E-state index in [9.17, 15) is 9.59 Å². The molecule has 1 aliphatic heterocycles. The van der Waals surface area contributed by atoms with Gasteiger partial charge in [-0.2, -0.15) is 0 Å². The number of alkyl halides is 3. The number of halogens is 3. The van der Waals surface area contributed by atoms with Gasteiger partial charge in [-0.3, -0.25) is 5.41 Å². The normalized spacial score (nSPS) is 30.0. The molecule has 1 saturated carbocycles. The molecule has 0 bridgehead atoms. The highest BCUT2D eigenvalue weighted by Crippen LogP contribution is 2.60. The van der Waals surface area contributed by atoms with E-state index in [4.69, 9.17) is 59.2 Å². The molecule has 34 heavy (non-hydrogen) atoms. The number of benzene rings is 2. The van der Waals surface area contributed by atoms with Crippen LogP contribution in [0.2, 0.25) is 0 Å². The average molecular weight is 527 g/mol. The van der Waals surface area contributed by atoms with Gasteiger partial charge in [0.15, 0.2) is 6.10 Å². The number of carbonyl (C=O) groups excluding carboxylic acids is 2. The first-order chi connectivity index (χ1) is 16.0. The maximum Gasteiger partial charge on any atom is 0.338 e. The number of rotatable bonds is 5. The van der Waals surface area contributed by atoms with Crippen molar-refractivity contribution in [2.75, 3.05) is 0 Å². The van der Waals surface area contributed by atoms with Gasteiger partial charge in [0.05, 0.1) is 23.1 Å². The Morgan fingerprint density at radius 1 is 0.971 bits per heavy atom. The Balaban J connectivity index is 1.57. The molecule has 2 fully saturated rings. The van der Waals surface area contributed by atoms with Crippen molar-refractivity contribution >= 4 is 52.6 Å². The van der Waals surface area contributed by atoms with Crippen molar-refractivity contribution < 1.29 is 28.5 Å². The molecule has 4 rings (SSSR count). The monoisotopic (exact) mass is 525 g/mol. The molecule has 10 heteroatoms. The summed E-state index contributed by atoms with van der Waals surface area (Å²) in [5.41, 5.74) is -0.338. The van der Waals surface area contributed by atoms with Crippen molar-refractivity contribution in [2.45, 2.75) is 47.7 Å². The van der Waals surface area contributed by atoms with Gasteiger partial charge in [0.1, 0.15) is 5.60 Å². The van der Waals surface area contributed by atoms with Crippen molar-refractivity contribution in [3.8, 4) is 0 Å². The van der Waals surface area contributed by atoms with Gasteiger partial charge in [-0.05, 0) is 38.1 Å². The maximum atomic E-state index is 12.7. The molecule has 0 amide bonds. The van der Waals surface area contributed by atoms with E-state index in [1.807, 2.05) is 0 Å². The molecule has 1 heterocycles. The standard InChI is InChI=1S/C24H22Cl3NO6/c1-14-22(2,33-20(30)16-11-7-4-8-12-16)13-17-18(31-19(29)15-9-5-3-6-10-15)23(17,32-14)34-21(28)24(25,26)27/h3-12,14,17-18,28H,13H2,1-2H3. The van der Waals surface area contributed by atoms with E-state index in [-0.39, 0.29) is 6.42 Å². The molecule has 1 saturated heterocycles. The van der Waals surface area contributed by atoms with Gasteiger partial charge >= 0.3 is 11.9 Å². The van der Waals surface area contributed by atoms with Gasteiger partial charge in [0, 0.05) is 6.42 Å². The third-order valence-corrected chi connectivity index (χ3v) is 6.63. The van der Waals surface area contributed by atoms with E-state index in [1.54, 1.807) is 74.5 Å².